The highest BCUT2D eigenvalue weighted by atomic mass is 19.4. The Morgan fingerprint density at radius 1 is 1.10 bits per heavy atom. The summed E-state index contributed by atoms with van der Waals surface area (Å²) in [6.07, 6.45) is -5.25. The number of likely N-dealkylation sites (tertiary alicyclic amines) is 1. The smallest absolute Gasteiger partial charge is 0.341 e. The van der Waals surface area contributed by atoms with Crippen molar-refractivity contribution in [2.45, 2.75) is 31.0 Å². The van der Waals surface area contributed by atoms with E-state index in [4.69, 9.17) is 0 Å². The molecule has 1 saturated heterocycles. The molecule has 9 heteroatoms. The van der Waals surface area contributed by atoms with Gasteiger partial charge in [0, 0.05) is 39.0 Å². The number of carbonyl (C=O) groups excluding carboxylic acids is 3. The van der Waals surface area contributed by atoms with Gasteiger partial charge < -0.3 is 4.90 Å². The zero-order chi connectivity index (χ0) is 23.0. The summed E-state index contributed by atoms with van der Waals surface area (Å²) < 4.78 is 52.7. The standard InChI is InChI=1S/C22H20F4N2O3/c1-27(13-14-7-9-15(10-8-14)22(24,25)26)18(29)11-21(12-19(30)28(2)20(21)31)16-5-3-4-6-17(16)23/h3-10H,11-13H2,1-2H3/t21-/m1/s1. The minimum absolute atomic E-state index is 0.0116. The third-order valence-corrected chi connectivity index (χ3v) is 5.51. The Morgan fingerprint density at radius 3 is 2.23 bits per heavy atom. The van der Waals surface area contributed by atoms with Gasteiger partial charge in [-0.05, 0) is 23.8 Å². The molecule has 0 radical (unpaired) electrons. The second kappa shape index (κ2) is 8.13. The van der Waals surface area contributed by atoms with E-state index in [9.17, 15) is 31.9 Å². The maximum atomic E-state index is 14.5. The molecule has 0 aromatic heterocycles. The van der Waals surface area contributed by atoms with Gasteiger partial charge in [0.1, 0.15) is 5.82 Å². The van der Waals surface area contributed by atoms with Gasteiger partial charge in [-0.1, -0.05) is 30.3 Å². The third kappa shape index (κ3) is 4.30. The predicted molar refractivity (Wildman–Crippen MR) is 103 cm³/mol. The van der Waals surface area contributed by atoms with Crippen LogP contribution in [0.25, 0.3) is 0 Å². The van der Waals surface area contributed by atoms with Gasteiger partial charge in [-0.15, -0.1) is 0 Å². The van der Waals surface area contributed by atoms with Crippen molar-refractivity contribution in [3.8, 4) is 0 Å². The number of likely N-dealkylation sites (N-methyl/N-ethyl adjacent to an activating group) is 1. The molecule has 1 fully saturated rings. The average molecular weight is 436 g/mol. The van der Waals surface area contributed by atoms with E-state index in [1.54, 1.807) is 0 Å². The zero-order valence-electron chi connectivity index (χ0n) is 16.9. The first-order valence-corrected chi connectivity index (χ1v) is 9.42. The first-order valence-electron chi connectivity index (χ1n) is 9.42. The van der Waals surface area contributed by atoms with Gasteiger partial charge in [0.2, 0.25) is 17.7 Å². The number of carbonyl (C=O) groups is 3. The van der Waals surface area contributed by atoms with E-state index in [0.717, 1.165) is 23.1 Å². The van der Waals surface area contributed by atoms with Crippen molar-refractivity contribution < 1.29 is 31.9 Å². The van der Waals surface area contributed by atoms with Gasteiger partial charge in [0.05, 0.1) is 11.0 Å². The minimum Gasteiger partial charge on any atom is -0.341 e. The van der Waals surface area contributed by atoms with E-state index in [1.807, 2.05) is 0 Å². The summed E-state index contributed by atoms with van der Waals surface area (Å²) in [5.41, 5.74) is -2.05. The molecule has 1 heterocycles. The molecule has 0 aliphatic carbocycles. The molecule has 0 saturated carbocycles. The zero-order valence-corrected chi connectivity index (χ0v) is 16.9. The summed E-state index contributed by atoms with van der Waals surface area (Å²) in [7, 11) is 2.71. The van der Waals surface area contributed by atoms with Crippen LogP contribution in [-0.4, -0.2) is 41.6 Å². The molecule has 1 atom stereocenters. The number of nitrogens with zero attached hydrogens (tertiary/aromatic N) is 2. The molecule has 3 amide bonds. The molecule has 0 unspecified atom stereocenters. The number of benzene rings is 2. The van der Waals surface area contributed by atoms with E-state index in [2.05, 4.69) is 0 Å². The Hall–Kier alpha value is -3.23. The van der Waals surface area contributed by atoms with Gasteiger partial charge in [0.25, 0.3) is 0 Å². The molecular formula is C22H20F4N2O3. The van der Waals surface area contributed by atoms with Crippen molar-refractivity contribution in [1.82, 2.24) is 9.80 Å². The molecule has 5 nitrogen and oxygen atoms in total. The molecule has 1 aliphatic heterocycles. The van der Waals surface area contributed by atoms with Crippen LogP contribution in [-0.2, 0) is 32.5 Å². The van der Waals surface area contributed by atoms with E-state index in [0.29, 0.717) is 5.56 Å². The molecule has 31 heavy (non-hydrogen) atoms. The maximum absolute atomic E-state index is 14.5. The monoisotopic (exact) mass is 436 g/mol. The van der Waals surface area contributed by atoms with Gasteiger partial charge in [-0.3, -0.25) is 19.3 Å². The molecule has 164 valence electrons. The summed E-state index contributed by atoms with van der Waals surface area (Å²) in [5.74, 6) is -2.43. The van der Waals surface area contributed by atoms with Crippen molar-refractivity contribution in [1.29, 1.82) is 0 Å². The Bertz CT molecular complexity index is 1020. The molecule has 3 rings (SSSR count). The number of halogens is 4. The van der Waals surface area contributed by atoms with Gasteiger partial charge in [0.15, 0.2) is 0 Å². The van der Waals surface area contributed by atoms with Crippen LogP contribution in [0.3, 0.4) is 0 Å². The lowest BCUT2D eigenvalue weighted by molar-refractivity contribution is -0.141. The van der Waals surface area contributed by atoms with Crippen molar-refractivity contribution in [3.63, 3.8) is 0 Å². The SMILES string of the molecule is CN(Cc1ccc(C(F)(F)F)cc1)C(=O)C[C@]1(c2ccccc2F)CC(=O)N(C)C1=O. The van der Waals surface area contributed by atoms with Crippen LogP contribution in [0.4, 0.5) is 17.6 Å². The van der Waals surface area contributed by atoms with Gasteiger partial charge in [-0.25, -0.2) is 4.39 Å². The summed E-state index contributed by atoms with van der Waals surface area (Å²) >= 11 is 0. The lowest BCUT2D eigenvalue weighted by atomic mass is 9.75. The van der Waals surface area contributed by atoms with Crippen molar-refractivity contribution in [3.05, 3.63) is 71.0 Å². The van der Waals surface area contributed by atoms with Crippen LogP contribution < -0.4 is 0 Å². The minimum atomic E-state index is -4.46. The summed E-state index contributed by atoms with van der Waals surface area (Å²) in [6.45, 7) is -0.0116. The number of rotatable bonds is 5. The normalized spacial score (nSPS) is 19.1. The molecule has 0 N–H and O–H groups in total. The highest BCUT2D eigenvalue weighted by molar-refractivity contribution is 6.10. The second-order valence-corrected chi connectivity index (χ2v) is 7.62. The van der Waals surface area contributed by atoms with Crippen molar-refractivity contribution in [2.75, 3.05) is 14.1 Å². The van der Waals surface area contributed by atoms with Crippen molar-refractivity contribution >= 4 is 17.7 Å². The van der Waals surface area contributed by atoms with E-state index in [-0.39, 0.29) is 18.5 Å². The second-order valence-electron chi connectivity index (χ2n) is 7.62. The van der Waals surface area contributed by atoms with Gasteiger partial charge >= 0.3 is 6.18 Å². The summed E-state index contributed by atoms with van der Waals surface area (Å²) in [4.78, 5) is 40.1. The molecule has 1 aliphatic rings. The number of hydrogen-bond acceptors (Lipinski definition) is 3. The van der Waals surface area contributed by atoms with Crippen LogP contribution in [0.2, 0.25) is 0 Å². The van der Waals surface area contributed by atoms with Crippen LogP contribution in [0, 0.1) is 5.82 Å². The largest absolute Gasteiger partial charge is 0.416 e. The van der Waals surface area contributed by atoms with Crippen LogP contribution in [0.1, 0.15) is 29.5 Å². The Kier molecular flexibility index (Phi) is 5.89. The Labute approximate surface area is 176 Å². The topological polar surface area (TPSA) is 57.7 Å². The quantitative estimate of drug-likeness (QED) is 0.533. The van der Waals surface area contributed by atoms with E-state index >= 15 is 0 Å². The molecular weight excluding hydrogens is 416 g/mol. The lowest BCUT2D eigenvalue weighted by Gasteiger charge is -2.29. The number of amides is 3. The lowest BCUT2D eigenvalue weighted by Crippen LogP contribution is -2.42. The third-order valence-electron chi connectivity index (χ3n) is 5.51. The summed E-state index contributed by atoms with van der Waals surface area (Å²) in [6, 6.07) is 9.86. The first-order chi connectivity index (χ1) is 14.5. The summed E-state index contributed by atoms with van der Waals surface area (Å²) in [5, 5.41) is 0. The first kappa shape index (κ1) is 22.5. The highest BCUT2D eigenvalue weighted by Crippen LogP contribution is 2.41. The molecule has 0 bridgehead atoms. The predicted octanol–water partition coefficient (Wildman–Crippen LogP) is 3.52. The Morgan fingerprint density at radius 2 is 1.71 bits per heavy atom. The molecule has 2 aromatic carbocycles. The number of imide groups is 1. The number of alkyl halides is 3. The number of hydrogen-bond donors (Lipinski definition) is 0. The highest BCUT2D eigenvalue weighted by Gasteiger charge is 2.53. The van der Waals surface area contributed by atoms with Crippen LogP contribution in [0.15, 0.2) is 48.5 Å². The van der Waals surface area contributed by atoms with Gasteiger partial charge in [-0.2, -0.15) is 13.2 Å². The maximum Gasteiger partial charge on any atom is 0.416 e. The van der Waals surface area contributed by atoms with E-state index < -0.39 is 47.1 Å². The van der Waals surface area contributed by atoms with Crippen LogP contribution >= 0.6 is 0 Å². The molecule has 0 spiro atoms. The molecule has 2 aromatic rings. The van der Waals surface area contributed by atoms with Crippen LogP contribution in [0.5, 0.6) is 0 Å². The Balaban J connectivity index is 1.84. The van der Waals surface area contributed by atoms with E-state index in [1.165, 1.54) is 49.3 Å². The fourth-order valence-electron chi connectivity index (χ4n) is 3.73. The fourth-order valence-corrected chi connectivity index (χ4v) is 3.73. The van der Waals surface area contributed by atoms with Crippen molar-refractivity contribution in [2.24, 2.45) is 0 Å². The fraction of sp³-hybridized carbons (Fsp3) is 0.318. The average Bonchev–Trinajstić information content (AvgIpc) is 2.92.